The Bertz CT molecular complexity index is 2160. The number of rotatable bonds is 3. The van der Waals surface area contributed by atoms with E-state index in [9.17, 15) is 8.42 Å². The Labute approximate surface area is 238 Å². The van der Waals surface area contributed by atoms with E-state index < -0.39 is 15.3 Å². The summed E-state index contributed by atoms with van der Waals surface area (Å²) < 4.78 is 31.2. The predicted molar refractivity (Wildman–Crippen MR) is 165 cm³/mol. The van der Waals surface area contributed by atoms with E-state index in [1.165, 1.54) is 0 Å². The molecule has 41 heavy (non-hydrogen) atoms. The lowest BCUT2D eigenvalue weighted by Gasteiger charge is -2.41. The second kappa shape index (κ2) is 8.79. The summed E-state index contributed by atoms with van der Waals surface area (Å²) in [7, 11) is -3.81. The fourth-order valence-corrected chi connectivity index (χ4v) is 8.59. The molecule has 7 aromatic rings. The molecule has 1 aliphatic rings. The highest BCUT2D eigenvalue weighted by atomic mass is 32.2. The maximum atomic E-state index is 14.5. The molecule has 0 aliphatic carbocycles. The highest BCUT2D eigenvalue weighted by molar-refractivity contribution is 7.91. The highest BCUT2D eigenvalue weighted by Gasteiger charge is 2.49. The van der Waals surface area contributed by atoms with Gasteiger partial charge in [0.15, 0.2) is 0 Å². The molecule has 0 unspecified atom stereocenters. The van der Waals surface area contributed by atoms with Crippen molar-refractivity contribution in [1.82, 2.24) is 4.57 Å². The molecule has 3 nitrogen and oxygen atoms in total. The number of nitrogens with zero attached hydrogens (tertiary/aromatic N) is 1. The Balaban J connectivity index is 1.63. The Morgan fingerprint density at radius 3 is 1.71 bits per heavy atom. The average molecular weight is 548 g/mol. The van der Waals surface area contributed by atoms with Crippen LogP contribution in [0.1, 0.15) is 22.3 Å². The van der Waals surface area contributed by atoms with Crippen LogP contribution in [0.5, 0.6) is 0 Å². The fourth-order valence-electron chi connectivity index (χ4n) is 6.81. The van der Waals surface area contributed by atoms with Gasteiger partial charge >= 0.3 is 0 Å². The molecule has 0 radical (unpaired) electrons. The van der Waals surface area contributed by atoms with Crippen molar-refractivity contribution in [2.24, 2.45) is 0 Å². The summed E-state index contributed by atoms with van der Waals surface area (Å²) in [5, 5.41) is 1.94. The van der Waals surface area contributed by atoms with Gasteiger partial charge in [0.1, 0.15) is 0 Å². The first kappa shape index (κ1) is 23.9. The van der Waals surface area contributed by atoms with Crippen molar-refractivity contribution in [1.29, 1.82) is 0 Å². The molecule has 0 fully saturated rings. The van der Waals surface area contributed by atoms with Crippen LogP contribution in [0.25, 0.3) is 27.5 Å². The minimum Gasteiger partial charge on any atom is -0.309 e. The summed E-state index contributed by atoms with van der Waals surface area (Å²) in [5.74, 6) is 0. The van der Waals surface area contributed by atoms with Gasteiger partial charge in [-0.15, -0.1) is 0 Å². The lowest BCUT2D eigenvalue weighted by atomic mass is 9.64. The molecule has 0 spiro atoms. The van der Waals surface area contributed by atoms with Crippen molar-refractivity contribution in [3.8, 4) is 5.69 Å². The van der Waals surface area contributed by atoms with Crippen LogP contribution in [0.15, 0.2) is 161 Å². The summed E-state index contributed by atoms with van der Waals surface area (Å²) in [4.78, 5) is 0.707. The van der Waals surface area contributed by atoms with Gasteiger partial charge in [-0.1, -0.05) is 115 Å². The zero-order chi connectivity index (χ0) is 27.6. The first-order valence-corrected chi connectivity index (χ1v) is 15.2. The Kier molecular flexibility index (Phi) is 5.12. The van der Waals surface area contributed by atoms with Gasteiger partial charge in [-0.25, -0.2) is 8.42 Å². The number of fused-ring (bicyclic) bond motifs is 5. The summed E-state index contributed by atoms with van der Waals surface area (Å²) in [6.45, 7) is 0. The molecule has 196 valence electrons. The maximum absolute atomic E-state index is 14.5. The summed E-state index contributed by atoms with van der Waals surface area (Å²) in [6, 6.07) is 50.6. The Morgan fingerprint density at radius 1 is 0.463 bits per heavy atom. The third kappa shape index (κ3) is 3.22. The quantitative estimate of drug-likeness (QED) is 0.223. The molecule has 4 heteroatoms. The maximum Gasteiger partial charge on any atom is 0.207 e. The highest BCUT2D eigenvalue weighted by Crippen LogP contribution is 2.54. The molecule has 6 aromatic carbocycles. The summed E-state index contributed by atoms with van der Waals surface area (Å²) >= 11 is 0. The average Bonchev–Trinajstić information content (AvgIpc) is 3.36. The molecule has 0 bridgehead atoms. The number of benzene rings is 6. The molecule has 0 atom stereocenters. The molecule has 0 amide bonds. The van der Waals surface area contributed by atoms with E-state index in [1.54, 1.807) is 6.07 Å². The van der Waals surface area contributed by atoms with Crippen LogP contribution in [0, 0.1) is 0 Å². The molecule has 1 aromatic heterocycles. The first-order valence-electron chi connectivity index (χ1n) is 13.7. The molecule has 0 saturated carbocycles. The van der Waals surface area contributed by atoms with E-state index >= 15 is 0 Å². The van der Waals surface area contributed by atoms with Crippen LogP contribution in [0.2, 0.25) is 0 Å². The van der Waals surface area contributed by atoms with Crippen molar-refractivity contribution in [2.45, 2.75) is 15.2 Å². The summed E-state index contributed by atoms with van der Waals surface area (Å²) in [5.41, 5.74) is 5.78. The van der Waals surface area contributed by atoms with Gasteiger partial charge < -0.3 is 4.57 Å². The first-order chi connectivity index (χ1) is 20.1. The summed E-state index contributed by atoms with van der Waals surface area (Å²) in [6.07, 6.45) is 0. The predicted octanol–water partition coefficient (Wildman–Crippen LogP) is 8.31. The van der Waals surface area contributed by atoms with Crippen LogP contribution in [-0.4, -0.2) is 13.0 Å². The minimum absolute atomic E-state index is 0.353. The number of para-hydroxylation sites is 2. The van der Waals surface area contributed by atoms with Crippen molar-refractivity contribution in [2.75, 3.05) is 0 Å². The smallest absolute Gasteiger partial charge is 0.207 e. The third-order valence-electron chi connectivity index (χ3n) is 8.48. The number of hydrogen-bond acceptors (Lipinski definition) is 2. The molecule has 8 rings (SSSR count). The van der Waals surface area contributed by atoms with Crippen LogP contribution in [-0.2, 0) is 15.3 Å². The number of hydrogen-bond donors (Lipinski definition) is 0. The van der Waals surface area contributed by atoms with Gasteiger partial charge in [-0.05, 0) is 58.7 Å². The number of sulfone groups is 1. The van der Waals surface area contributed by atoms with Crippen LogP contribution in [0.3, 0.4) is 0 Å². The second-order valence-electron chi connectivity index (χ2n) is 10.5. The largest absolute Gasteiger partial charge is 0.309 e. The monoisotopic (exact) mass is 547 g/mol. The fraction of sp³-hybridized carbons (Fsp3) is 0.0270. The molecule has 0 saturated heterocycles. The van der Waals surface area contributed by atoms with E-state index in [0.717, 1.165) is 49.7 Å². The van der Waals surface area contributed by atoms with Crippen LogP contribution < -0.4 is 0 Å². The van der Waals surface area contributed by atoms with E-state index in [0.29, 0.717) is 9.79 Å². The van der Waals surface area contributed by atoms with Crippen molar-refractivity contribution in [3.05, 3.63) is 174 Å². The van der Waals surface area contributed by atoms with Gasteiger partial charge in [-0.3, -0.25) is 0 Å². The van der Waals surface area contributed by atoms with Crippen LogP contribution in [0.4, 0.5) is 0 Å². The second-order valence-corrected chi connectivity index (χ2v) is 12.4. The lowest BCUT2D eigenvalue weighted by Crippen LogP contribution is -2.37. The third-order valence-corrected chi connectivity index (χ3v) is 10.3. The van der Waals surface area contributed by atoms with Crippen molar-refractivity contribution in [3.63, 3.8) is 0 Å². The molecular weight excluding hydrogens is 522 g/mol. The van der Waals surface area contributed by atoms with Gasteiger partial charge in [0.2, 0.25) is 9.84 Å². The van der Waals surface area contributed by atoms with E-state index in [1.807, 2.05) is 91.0 Å². The normalized spacial score (nSPS) is 14.9. The lowest BCUT2D eigenvalue weighted by molar-refractivity contribution is 0.579. The zero-order valence-corrected chi connectivity index (χ0v) is 22.9. The standard InChI is InChI=1S/C37H25NO2S/c39-41(40)35-23-13-11-21-31(35)37(26-14-4-1-5-15-26,27-16-6-2-7-17-27)32-25-34-30(24-36(32)41)29-20-10-12-22-33(29)38(34)28-18-8-3-9-19-28/h1-25H. The Morgan fingerprint density at radius 2 is 1.02 bits per heavy atom. The van der Waals surface area contributed by atoms with Gasteiger partial charge in [-0.2, -0.15) is 0 Å². The molecular formula is C37H25NO2S. The molecule has 1 aliphatic heterocycles. The van der Waals surface area contributed by atoms with Crippen molar-refractivity contribution >= 4 is 31.6 Å². The van der Waals surface area contributed by atoms with E-state index in [2.05, 4.69) is 59.2 Å². The SMILES string of the molecule is O=S1(=O)c2ccccc2C(c2ccccc2)(c2ccccc2)c2cc3c(cc21)c1ccccc1n3-c1ccccc1. The topological polar surface area (TPSA) is 39.1 Å². The van der Waals surface area contributed by atoms with Gasteiger partial charge in [0, 0.05) is 16.5 Å². The molecule has 0 N–H and O–H groups in total. The van der Waals surface area contributed by atoms with Crippen molar-refractivity contribution < 1.29 is 8.42 Å². The van der Waals surface area contributed by atoms with E-state index in [4.69, 9.17) is 0 Å². The Hall–Kier alpha value is -4.93. The van der Waals surface area contributed by atoms with Gasteiger partial charge in [0.25, 0.3) is 0 Å². The molecule has 2 heterocycles. The van der Waals surface area contributed by atoms with E-state index in [-0.39, 0.29) is 0 Å². The zero-order valence-electron chi connectivity index (χ0n) is 22.1. The van der Waals surface area contributed by atoms with Crippen LogP contribution >= 0.6 is 0 Å². The minimum atomic E-state index is -3.81. The number of aromatic nitrogens is 1. The van der Waals surface area contributed by atoms with Gasteiger partial charge in [0.05, 0.1) is 26.2 Å².